The highest BCUT2D eigenvalue weighted by atomic mass is 16.5. The van der Waals surface area contributed by atoms with Gasteiger partial charge < -0.3 is 10.0 Å². The predicted molar refractivity (Wildman–Crippen MR) is 62.0 cm³/mol. The Balaban J connectivity index is 3.01. The van der Waals surface area contributed by atoms with Gasteiger partial charge in [0.2, 0.25) is 0 Å². The Morgan fingerprint density at radius 1 is 1.00 bits per heavy atom. The van der Waals surface area contributed by atoms with Gasteiger partial charge >= 0.3 is 0 Å². The van der Waals surface area contributed by atoms with E-state index in [2.05, 4.69) is 6.92 Å². The van der Waals surface area contributed by atoms with E-state index in [4.69, 9.17) is 5.21 Å². The molecule has 90 valence electrons. The molecule has 0 aromatic rings. The van der Waals surface area contributed by atoms with Crippen molar-refractivity contribution >= 4 is 6.29 Å². The van der Waals surface area contributed by atoms with E-state index in [1.54, 1.807) is 0 Å². The monoisotopic (exact) mass is 215 g/mol. The molecule has 0 aromatic heterocycles. The number of hydroxylamine groups is 2. The molecule has 0 aliphatic carbocycles. The highest BCUT2D eigenvalue weighted by Crippen LogP contribution is 2.08. The maximum Gasteiger partial charge on any atom is 0.136 e. The maximum absolute atomic E-state index is 10.0. The van der Waals surface area contributed by atoms with Crippen molar-refractivity contribution in [2.75, 3.05) is 13.1 Å². The van der Waals surface area contributed by atoms with Gasteiger partial charge in [0, 0.05) is 6.54 Å². The normalized spacial score (nSPS) is 10.9. The van der Waals surface area contributed by atoms with Crippen molar-refractivity contribution in [2.45, 2.75) is 58.3 Å². The number of carbonyl (C=O) groups is 1. The third-order valence-electron chi connectivity index (χ3n) is 2.56. The molecule has 1 N–H and O–H groups in total. The summed E-state index contributed by atoms with van der Waals surface area (Å²) in [6, 6.07) is 0. The summed E-state index contributed by atoms with van der Waals surface area (Å²) in [5.74, 6) is 0. The van der Waals surface area contributed by atoms with Crippen molar-refractivity contribution in [3.8, 4) is 0 Å². The molecule has 0 unspecified atom stereocenters. The molecule has 0 spiro atoms. The van der Waals surface area contributed by atoms with Crippen molar-refractivity contribution in [2.24, 2.45) is 0 Å². The van der Waals surface area contributed by atoms with Gasteiger partial charge in [0.1, 0.15) is 6.29 Å². The highest BCUT2D eigenvalue weighted by Gasteiger charge is 1.98. The zero-order valence-corrected chi connectivity index (χ0v) is 9.95. The summed E-state index contributed by atoms with van der Waals surface area (Å²) in [6.45, 7) is 2.98. The van der Waals surface area contributed by atoms with E-state index in [1.165, 1.54) is 38.5 Å². The van der Waals surface area contributed by atoms with Gasteiger partial charge in [-0.2, -0.15) is 5.06 Å². The minimum Gasteiger partial charge on any atom is -0.314 e. The van der Waals surface area contributed by atoms with Gasteiger partial charge in [-0.3, -0.25) is 0 Å². The van der Waals surface area contributed by atoms with Gasteiger partial charge in [-0.05, 0) is 6.42 Å². The summed E-state index contributed by atoms with van der Waals surface area (Å²) < 4.78 is 0. The molecule has 0 heterocycles. The average Bonchev–Trinajstić information content (AvgIpc) is 2.22. The number of nitrogens with zero attached hydrogens (tertiary/aromatic N) is 1. The lowest BCUT2D eigenvalue weighted by molar-refractivity contribution is -0.125. The Kier molecular flexibility index (Phi) is 11.3. The molecule has 0 bridgehead atoms. The van der Waals surface area contributed by atoms with E-state index in [0.717, 1.165) is 24.2 Å². The van der Waals surface area contributed by atoms with Crippen LogP contribution in [0.3, 0.4) is 0 Å². The molecular weight excluding hydrogens is 190 g/mol. The molecule has 0 aliphatic heterocycles. The van der Waals surface area contributed by atoms with Crippen LogP contribution in [0.15, 0.2) is 0 Å². The summed E-state index contributed by atoms with van der Waals surface area (Å²) in [5, 5.41) is 10.2. The highest BCUT2D eigenvalue weighted by molar-refractivity contribution is 5.51. The van der Waals surface area contributed by atoms with E-state index < -0.39 is 0 Å². The van der Waals surface area contributed by atoms with Crippen LogP contribution in [0.1, 0.15) is 58.3 Å². The Hall–Kier alpha value is -0.410. The molecule has 0 fully saturated rings. The first-order valence-electron chi connectivity index (χ1n) is 6.18. The summed E-state index contributed by atoms with van der Waals surface area (Å²) >= 11 is 0. The summed E-state index contributed by atoms with van der Waals surface area (Å²) in [4.78, 5) is 10.0. The van der Waals surface area contributed by atoms with Gasteiger partial charge in [-0.1, -0.05) is 51.9 Å². The van der Waals surface area contributed by atoms with Crippen LogP contribution in [0.2, 0.25) is 0 Å². The standard InChI is InChI=1S/C12H25NO2/c1-2-3-4-5-6-7-8-9-10-13(15)11-12-14/h12,15H,2-11H2,1H3. The van der Waals surface area contributed by atoms with Crippen molar-refractivity contribution in [3.05, 3.63) is 0 Å². The zero-order valence-electron chi connectivity index (χ0n) is 9.95. The van der Waals surface area contributed by atoms with Crippen LogP contribution in [0.5, 0.6) is 0 Å². The smallest absolute Gasteiger partial charge is 0.136 e. The second kappa shape index (κ2) is 11.7. The number of rotatable bonds is 11. The van der Waals surface area contributed by atoms with Gasteiger partial charge in [0.05, 0.1) is 6.54 Å². The molecule has 3 nitrogen and oxygen atoms in total. The Bertz CT molecular complexity index is 140. The Morgan fingerprint density at radius 3 is 2.07 bits per heavy atom. The molecule has 0 amide bonds. The van der Waals surface area contributed by atoms with E-state index in [1.807, 2.05) is 0 Å². The van der Waals surface area contributed by atoms with Crippen LogP contribution < -0.4 is 0 Å². The second-order valence-corrected chi connectivity index (χ2v) is 4.05. The molecule has 0 aromatic carbocycles. The minimum atomic E-state index is 0.135. The summed E-state index contributed by atoms with van der Waals surface area (Å²) in [6.07, 6.45) is 10.8. The lowest BCUT2D eigenvalue weighted by Crippen LogP contribution is -2.22. The Morgan fingerprint density at radius 2 is 1.53 bits per heavy atom. The topological polar surface area (TPSA) is 40.5 Å². The third kappa shape index (κ3) is 11.5. The fourth-order valence-corrected chi connectivity index (χ4v) is 1.61. The van der Waals surface area contributed by atoms with Gasteiger partial charge in [0.25, 0.3) is 0 Å². The van der Waals surface area contributed by atoms with Crippen LogP contribution in [0, 0.1) is 0 Å². The molecule has 0 aliphatic rings. The zero-order chi connectivity index (χ0) is 11.4. The fourth-order valence-electron chi connectivity index (χ4n) is 1.61. The fraction of sp³-hybridized carbons (Fsp3) is 0.917. The number of hydrogen-bond donors (Lipinski definition) is 1. The molecule has 0 radical (unpaired) electrons. The number of carbonyl (C=O) groups excluding carboxylic acids is 1. The molecule has 0 saturated carbocycles. The molecule has 0 atom stereocenters. The quantitative estimate of drug-likeness (QED) is 0.327. The van der Waals surface area contributed by atoms with Gasteiger partial charge in [0.15, 0.2) is 0 Å². The van der Waals surface area contributed by atoms with Crippen molar-refractivity contribution < 1.29 is 10.0 Å². The molecule has 0 saturated heterocycles. The van der Waals surface area contributed by atoms with E-state index >= 15 is 0 Å². The van der Waals surface area contributed by atoms with E-state index in [-0.39, 0.29) is 6.54 Å². The molecule has 15 heavy (non-hydrogen) atoms. The van der Waals surface area contributed by atoms with Crippen LogP contribution in [-0.4, -0.2) is 29.6 Å². The van der Waals surface area contributed by atoms with Crippen molar-refractivity contribution in [1.82, 2.24) is 5.06 Å². The van der Waals surface area contributed by atoms with Crippen molar-refractivity contribution in [1.29, 1.82) is 0 Å². The van der Waals surface area contributed by atoms with Crippen LogP contribution in [0.4, 0.5) is 0 Å². The first-order valence-corrected chi connectivity index (χ1v) is 6.18. The number of hydrogen-bond acceptors (Lipinski definition) is 3. The maximum atomic E-state index is 10.0. The van der Waals surface area contributed by atoms with Crippen molar-refractivity contribution in [3.63, 3.8) is 0 Å². The minimum absolute atomic E-state index is 0.135. The van der Waals surface area contributed by atoms with Gasteiger partial charge in [-0.15, -0.1) is 0 Å². The van der Waals surface area contributed by atoms with E-state index in [0.29, 0.717) is 6.54 Å². The van der Waals surface area contributed by atoms with Crippen LogP contribution in [0.25, 0.3) is 0 Å². The molecule has 0 rings (SSSR count). The Labute approximate surface area is 93.4 Å². The number of unbranched alkanes of at least 4 members (excludes halogenated alkanes) is 7. The van der Waals surface area contributed by atoms with Crippen LogP contribution >= 0.6 is 0 Å². The average molecular weight is 215 g/mol. The first kappa shape index (κ1) is 14.6. The second-order valence-electron chi connectivity index (χ2n) is 4.05. The van der Waals surface area contributed by atoms with E-state index in [9.17, 15) is 4.79 Å². The largest absolute Gasteiger partial charge is 0.314 e. The first-order chi connectivity index (χ1) is 7.31. The van der Waals surface area contributed by atoms with Crippen LogP contribution in [-0.2, 0) is 4.79 Å². The summed E-state index contributed by atoms with van der Waals surface area (Å²) in [5.41, 5.74) is 0. The van der Waals surface area contributed by atoms with Gasteiger partial charge in [-0.25, -0.2) is 0 Å². The summed E-state index contributed by atoms with van der Waals surface area (Å²) in [7, 11) is 0. The number of aldehydes is 1. The lowest BCUT2D eigenvalue weighted by Gasteiger charge is -2.10. The third-order valence-corrected chi connectivity index (χ3v) is 2.56. The molecule has 3 heteroatoms. The lowest BCUT2D eigenvalue weighted by atomic mass is 10.1. The molecular formula is C12H25NO2. The SMILES string of the molecule is CCCCCCCCCCN(O)CC=O. The predicted octanol–water partition coefficient (Wildman–Crippen LogP) is 3.02.